The third-order valence-electron chi connectivity index (χ3n) is 5.94. The molecule has 0 unspecified atom stereocenters. The molecule has 2 aromatic carbocycles. The number of H-pyrrole nitrogens is 1. The highest BCUT2D eigenvalue weighted by atomic mass is 16.1. The number of hydrogen-bond donors (Lipinski definition) is 2. The maximum absolute atomic E-state index is 12.2. The van der Waals surface area contributed by atoms with Crippen molar-refractivity contribution in [3.8, 4) is 0 Å². The molecule has 154 valence electrons. The van der Waals surface area contributed by atoms with Crippen molar-refractivity contribution in [2.24, 2.45) is 0 Å². The lowest BCUT2D eigenvalue weighted by molar-refractivity contribution is 0.578. The van der Waals surface area contributed by atoms with E-state index in [0.29, 0.717) is 13.1 Å². The van der Waals surface area contributed by atoms with E-state index in [-0.39, 0.29) is 5.69 Å². The first-order valence-corrected chi connectivity index (χ1v) is 10.7. The molecule has 0 bridgehead atoms. The van der Waals surface area contributed by atoms with E-state index in [9.17, 15) is 4.79 Å². The molecule has 1 fully saturated rings. The molecule has 7 heteroatoms. The Morgan fingerprint density at radius 2 is 1.97 bits per heavy atom. The Labute approximate surface area is 174 Å². The molecular weight excluding hydrogens is 376 g/mol. The van der Waals surface area contributed by atoms with Gasteiger partial charge in [0.2, 0.25) is 0 Å². The quantitative estimate of drug-likeness (QED) is 0.529. The molecule has 30 heavy (non-hydrogen) atoms. The maximum atomic E-state index is 12.2. The van der Waals surface area contributed by atoms with Crippen LogP contribution in [0.15, 0.2) is 47.5 Å². The first-order valence-electron chi connectivity index (χ1n) is 10.7. The van der Waals surface area contributed by atoms with Gasteiger partial charge in [0.05, 0.1) is 16.6 Å². The Balaban J connectivity index is 1.43. The molecule has 3 heterocycles. The zero-order valence-corrected chi connectivity index (χ0v) is 17.2. The van der Waals surface area contributed by atoms with E-state index in [1.807, 2.05) is 19.1 Å². The Morgan fingerprint density at radius 1 is 1.10 bits per heavy atom. The maximum Gasteiger partial charge on any atom is 0.326 e. The fourth-order valence-corrected chi connectivity index (χ4v) is 4.36. The van der Waals surface area contributed by atoms with Crippen molar-refractivity contribution < 1.29 is 0 Å². The molecule has 0 spiro atoms. The van der Waals surface area contributed by atoms with Crippen LogP contribution in [0, 0.1) is 0 Å². The molecule has 0 aliphatic carbocycles. The minimum atomic E-state index is -0.0974. The van der Waals surface area contributed by atoms with Crippen molar-refractivity contribution in [3.05, 3.63) is 58.8 Å². The number of fused-ring (bicyclic) bond motifs is 2. The average molecular weight is 403 g/mol. The number of anilines is 2. The van der Waals surface area contributed by atoms with Gasteiger partial charge in [-0.05, 0) is 56.0 Å². The Hall–Kier alpha value is -3.35. The number of nitrogens with zero attached hydrogens (tertiary/aromatic N) is 4. The molecule has 0 amide bonds. The van der Waals surface area contributed by atoms with Gasteiger partial charge >= 0.3 is 5.69 Å². The number of imidazole rings is 1. The van der Waals surface area contributed by atoms with Gasteiger partial charge in [-0.1, -0.05) is 12.1 Å². The van der Waals surface area contributed by atoms with Crippen LogP contribution in [-0.4, -0.2) is 32.6 Å². The van der Waals surface area contributed by atoms with Gasteiger partial charge in [-0.25, -0.2) is 14.8 Å². The lowest BCUT2D eigenvalue weighted by Gasteiger charge is -2.29. The highest BCUT2D eigenvalue weighted by Crippen LogP contribution is 2.25. The van der Waals surface area contributed by atoms with E-state index in [4.69, 9.17) is 0 Å². The minimum absolute atomic E-state index is 0.0974. The Morgan fingerprint density at radius 3 is 2.80 bits per heavy atom. The molecule has 1 aliphatic heterocycles. The Bertz CT molecular complexity index is 1250. The van der Waals surface area contributed by atoms with Crippen molar-refractivity contribution >= 4 is 33.4 Å². The van der Waals surface area contributed by atoms with Crippen molar-refractivity contribution in [1.29, 1.82) is 0 Å². The predicted octanol–water partition coefficient (Wildman–Crippen LogP) is 3.90. The molecule has 5 rings (SSSR count). The lowest BCUT2D eigenvalue weighted by Crippen LogP contribution is -2.29. The molecule has 7 nitrogen and oxygen atoms in total. The van der Waals surface area contributed by atoms with E-state index in [1.54, 1.807) is 10.9 Å². The fraction of sp³-hybridized carbons (Fsp3) is 0.348. The highest BCUT2D eigenvalue weighted by molar-refractivity contribution is 5.98. The number of rotatable bonds is 5. The Kier molecular flexibility index (Phi) is 4.86. The number of nitrogens with one attached hydrogen (secondary N) is 2. The smallest absolute Gasteiger partial charge is 0.326 e. The second-order valence-corrected chi connectivity index (χ2v) is 7.85. The molecule has 0 atom stereocenters. The second kappa shape index (κ2) is 7.82. The minimum Gasteiger partial charge on any atom is -0.372 e. The third-order valence-corrected chi connectivity index (χ3v) is 5.94. The van der Waals surface area contributed by atoms with Crippen molar-refractivity contribution in [3.63, 3.8) is 0 Å². The summed E-state index contributed by atoms with van der Waals surface area (Å²) in [6.45, 7) is 5.54. The summed E-state index contributed by atoms with van der Waals surface area (Å²) >= 11 is 0. The van der Waals surface area contributed by atoms with E-state index in [1.165, 1.54) is 30.5 Å². The van der Waals surface area contributed by atoms with Crippen LogP contribution in [0.4, 0.5) is 11.5 Å². The van der Waals surface area contributed by atoms with Gasteiger partial charge < -0.3 is 15.2 Å². The topological polar surface area (TPSA) is 78.8 Å². The van der Waals surface area contributed by atoms with Gasteiger partial charge in [-0.3, -0.25) is 4.57 Å². The van der Waals surface area contributed by atoms with Gasteiger partial charge in [-0.15, -0.1) is 0 Å². The summed E-state index contributed by atoms with van der Waals surface area (Å²) in [6, 6.07) is 12.6. The standard InChI is InChI=1S/C23H26N6O/c1-2-29-21-13-19-18(12-20(21)27-23(29)30)22(26-15-25-19)24-14-16-7-6-8-17(11-16)28-9-4-3-5-10-28/h6-8,11-13,15H,2-5,9-10,14H2,1H3,(H,27,30)(H,24,25,26). The van der Waals surface area contributed by atoms with Gasteiger partial charge in [-0.2, -0.15) is 0 Å². The SMILES string of the molecule is CCn1c(=O)[nH]c2cc3c(NCc4cccc(N5CCCCC5)c4)ncnc3cc21. The van der Waals surface area contributed by atoms with Crippen LogP contribution in [0.5, 0.6) is 0 Å². The molecule has 1 aliphatic rings. The van der Waals surface area contributed by atoms with E-state index < -0.39 is 0 Å². The highest BCUT2D eigenvalue weighted by Gasteiger charge is 2.12. The van der Waals surface area contributed by atoms with Crippen LogP contribution in [-0.2, 0) is 13.1 Å². The summed E-state index contributed by atoms with van der Waals surface area (Å²) in [5.41, 5.74) is 4.91. The number of benzene rings is 2. The number of aromatic amines is 1. The monoisotopic (exact) mass is 402 g/mol. The number of aromatic nitrogens is 4. The third kappa shape index (κ3) is 3.40. The number of aryl methyl sites for hydroxylation is 1. The van der Waals surface area contributed by atoms with Crippen LogP contribution in [0.3, 0.4) is 0 Å². The summed E-state index contributed by atoms with van der Waals surface area (Å²) in [4.78, 5) is 26.4. The van der Waals surface area contributed by atoms with Crippen LogP contribution in [0.1, 0.15) is 31.7 Å². The van der Waals surface area contributed by atoms with Crippen LogP contribution in [0.25, 0.3) is 21.9 Å². The number of piperidine rings is 1. The van der Waals surface area contributed by atoms with Crippen LogP contribution in [0.2, 0.25) is 0 Å². The molecule has 0 saturated carbocycles. The normalized spacial score (nSPS) is 14.5. The van der Waals surface area contributed by atoms with Gasteiger partial charge in [0.15, 0.2) is 0 Å². The first kappa shape index (κ1) is 18.7. The van der Waals surface area contributed by atoms with E-state index >= 15 is 0 Å². The van der Waals surface area contributed by atoms with Crippen molar-refractivity contribution in [2.75, 3.05) is 23.3 Å². The van der Waals surface area contributed by atoms with Crippen molar-refractivity contribution in [2.45, 2.75) is 39.3 Å². The molecular formula is C23H26N6O. The summed E-state index contributed by atoms with van der Waals surface area (Å²) in [6.07, 6.45) is 5.44. The van der Waals surface area contributed by atoms with Gasteiger partial charge in [0, 0.05) is 37.3 Å². The summed E-state index contributed by atoms with van der Waals surface area (Å²) in [5, 5.41) is 4.37. The molecule has 2 N–H and O–H groups in total. The summed E-state index contributed by atoms with van der Waals surface area (Å²) < 4.78 is 1.72. The van der Waals surface area contributed by atoms with Crippen LogP contribution < -0.4 is 15.9 Å². The van der Waals surface area contributed by atoms with Gasteiger partial charge in [0.1, 0.15) is 12.1 Å². The molecule has 2 aromatic heterocycles. The van der Waals surface area contributed by atoms with Crippen molar-refractivity contribution in [1.82, 2.24) is 19.5 Å². The lowest BCUT2D eigenvalue weighted by atomic mass is 10.1. The summed E-state index contributed by atoms with van der Waals surface area (Å²) in [7, 11) is 0. The molecule has 1 saturated heterocycles. The fourth-order valence-electron chi connectivity index (χ4n) is 4.36. The molecule has 0 radical (unpaired) electrons. The zero-order valence-electron chi connectivity index (χ0n) is 17.2. The predicted molar refractivity (Wildman–Crippen MR) is 121 cm³/mol. The molecule has 4 aromatic rings. The largest absolute Gasteiger partial charge is 0.372 e. The first-order chi connectivity index (χ1) is 14.7. The van der Waals surface area contributed by atoms with E-state index in [0.717, 1.165) is 40.8 Å². The summed E-state index contributed by atoms with van der Waals surface area (Å²) in [5.74, 6) is 0.773. The van der Waals surface area contributed by atoms with Crippen LogP contribution >= 0.6 is 0 Å². The zero-order chi connectivity index (χ0) is 20.5. The van der Waals surface area contributed by atoms with E-state index in [2.05, 4.69) is 49.4 Å². The second-order valence-electron chi connectivity index (χ2n) is 7.85. The van der Waals surface area contributed by atoms with Gasteiger partial charge in [0.25, 0.3) is 0 Å². The number of hydrogen-bond acceptors (Lipinski definition) is 5. The average Bonchev–Trinajstić information content (AvgIpc) is 3.10.